The number of benzene rings is 3. The van der Waals surface area contributed by atoms with Crippen molar-refractivity contribution in [2.24, 2.45) is 11.7 Å². The molecule has 0 radical (unpaired) electrons. The normalized spacial score (nSPS) is 13.2. The Morgan fingerprint density at radius 2 is 1.82 bits per heavy atom. The lowest BCUT2D eigenvalue weighted by molar-refractivity contribution is 0.101. The monoisotopic (exact) mass is 535 g/mol. The summed E-state index contributed by atoms with van der Waals surface area (Å²) < 4.78 is 16.5. The van der Waals surface area contributed by atoms with Crippen molar-refractivity contribution in [3.05, 3.63) is 113 Å². The average Bonchev–Trinajstić information content (AvgIpc) is 3.65. The van der Waals surface area contributed by atoms with Crippen molar-refractivity contribution in [2.45, 2.75) is 39.8 Å². The van der Waals surface area contributed by atoms with Crippen LogP contribution in [0.3, 0.4) is 0 Å². The SMILES string of the molecule is C.Cc1cc(C(=O)Nc2cc(C(NCC3CC3)c3ccccc3)ccc2F)n(-c2cccc(CN)c2)n1.Cl. The van der Waals surface area contributed by atoms with Crippen LogP contribution in [0, 0.1) is 18.7 Å². The van der Waals surface area contributed by atoms with Gasteiger partial charge in [0, 0.05) is 6.54 Å². The zero-order chi connectivity index (χ0) is 25.1. The summed E-state index contributed by atoms with van der Waals surface area (Å²) in [4.78, 5) is 13.3. The summed E-state index contributed by atoms with van der Waals surface area (Å²) in [5.74, 6) is -0.238. The molecule has 1 fully saturated rings. The molecule has 38 heavy (non-hydrogen) atoms. The molecule has 5 rings (SSSR count). The Labute approximate surface area is 229 Å². The zero-order valence-electron chi connectivity index (χ0n) is 20.7. The molecule has 0 bridgehead atoms. The Bertz CT molecular complexity index is 1370. The van der Waals surface area contributed by atoms with Gasteiger partial charge >= 0.3 is 0 Å². The van der Waals surface area contributed by atoms with E-state index in [0.29, 0.717) is 23.9 Å². The minimum Gasteiger partial charge on any atom is -0.326 e. The highest BCUT2D eigenvalue weighted by Gasteiger charge is 2.24. The van der Waals surface area contributed by atoms with Crippen LogP contribution in [-0.2, 0) is 6.54 Å². The van der Waals surface area contributed by atoms with Crippen LogP contribution in [-0.4, -0.2) is 22.2 Å². The van der Waals surface area contributed by atoms with Crippen molar-refractivity contribution in [2.75, 3.05) is 11.9 Å². The number of carbonyl (C=O) groups excluding carboxylic acids is 1. The minimum atomic E-state index is -0.492. The summed E-state index contributed by atoms with van der Waals surface area (Å²) in [5.41, 5.74) is 10.5. The fourth-order valence-electron chi connectivity index (χ4n) is 4.36. The van der Waals surface area contributed by atoms with Gasteiger partial charge in [-0.1, -0.05) is 56.0 Å². The largest absolute Gasteiger partial charge is 0.326 e. The molecule has 1 atom stereocenters. The molecule has 8 heteroatoms. The van der Waals surface area contributed by atoms with E-state index in [0.717, 1.165) is 28.9 Å². The zero-order valence-corrected chi connectivity index (χ0v) is 21.5. The van der Waals surface area contributed by atoms with Crippen LogP contribution in [0.4, 0.5) is 10.1 Å². The fourth-order valence-corrected chi connectivity index (χ4v) is 4.36. The number of hydrogen-bond acceptors (Lipinski definition) is 4. The van der Waals surface area contributed by atoms with Crippen LogP contribution >= 0.6 is 12.4 Å². The number of carbonyl (C=O) groups is 1. The van der Waals surface area contributed by atoms with E-state index in [4.69, 9.17) is 5.73 Å². The fraction of sp³-hybridized carbons (Fsp3) is 0.267. The number of nitrogens with two attached hydrogens (primary N) is 1. The number of hydrogen-bond donors (Lipinski definition) is 3. The Hall–Kier alpha value is -3.52. The van der Waals surface area contributed by atoms with Gasteiger partial charge in [0.2, 0.25) is 0 Å². The molecule has 3 aromatic carbocycles. The van der Waals surface area contributed by atoms with Crippen molar-refractivity contribution < 1.29 is 9.18 Å². The number of aromatic nitrogens is 2. The Kier molecular flexibility index (Phi) is 9.80. The van der Waals surface area contributed by atoms with E-state index >= 15 is 0 Å². The minimum absolute atomic E-state index is 0. The van der Waals surface area contributed by atoms with Gasteiger partial charge in [-0.2, -0.15) is 5.10 Å². The molecule has 4 N–H and O–H groups in total. The molecular formula is C30H35ClFN5O. The van der Waals surface area contributed by atoms with Gasteiger partial charge in [0.05, 0.1) is 23.1 Å². The number of nitrogens with zero attached hydrogens (tertiary/aromatic N) is 2. The van der Waals surface area contributed by atoms with Crippen molar-refractivity contribution in [3.63, 3.8) is 0 Å². The number of rotatable bonds is 9. The molecule has 200 valence electrons. The highest BCUT2D eigenvalue weighted by molar-refractivity contribution is 6.03. The highest BCUT2D eigenvalue weighted by atomic mass is 35.5. The van der Waals surface area contributed by atoms with Crippen LogP contribution in [0.1, 0.15) is 59.2 Å². The Morgan fingerprint density at radius 1 is 1.05 bits per heavy atom. The first-order valence-corrected chi connectivity index (χ1v) is 12.3. The van der Waals surface area contributed by atoms with Gasteiger partial charge in [-0.25, -0.2) is 9.07 Å². The molecule has 1 heterocycles. The van der Waals surface area contributed by atoms with Crippen molar-refractivity contribution in [3.8, 4) is 5.69 Å². The second-order valence-electron chi connectivity index (χ2n) is 9.35. The van der Waals surface area contributed by atoms with E-state index < -0.39 is 11.7 Å². The van der Waals surface area contributed by atoms with Crippen molar-refractivity contribution in [1.29, 1.82) is 0 Å². The third-order valence-corrected chi connectivity index (χ3v) is 6.47. The molecular weight excluding hydrogens is 501 g/mol. The maximum atomic E-state index is 14.9. The molecule has 0 spiro atoms. The maximum absolute atomic E-state index is 14.9. The van der Waals surface area contributed by atoms with Crippen molar-refractivity contribution in [1.82, 2.24) is 15.1 Å². The quantitative estimate of drug-likeness (QED) is 0.239. The van der Waals surface area contributed by atoms with E-state index in [1.54, 1.807) is 22.9 Å². The van der Waals surface area contributed by atoms with Crippen LogP contribution in [0.5, 0.6) is 0 Å². The van der Waals surface area contributed by atoms with Gasteiger partial charge in [0.15, 0.2) is 0 Å². The lowest BCUT2D eigenvalue weighted by atomic mass is 9.97. The van der Waals surface area contributed by atoms with E-state index in [9.17, 15) is 9.18 Å². The Balaban J connectivity index is 0.00000200. The van der Waals surface area contributed by atoms with Crippen LogP contribution in [0.25, 0.3) is 5.69 Å². The molecule has 6 nitrogen and oxygen atoms in total. The van der Waals surface area contributed by atoms with Crippen molar-refractivity contribution >= 4 is 24.0 Å². The average molecular weight is 536 g/mol. The summed E-state index contributed by atoms with van der Waals surface area (Å²) in [7, 11) is 0. The summed E-state index contributed by atoms with van der Waals surface area (Å²) in [6.45, 7) is 3.10. The first-order chi connectivity index (χ1) is 17.5. The summed E-state index contributed by atoms with van der Waals surface area (Å²) in [6.07, 6.45) is 2.47. The number of amides is 1. The molecule has 1 aliphatic rings. The van der Waals surface area contributed by atoms with Gasteiger partial charge in [0.1, 0.15) is 11.5 Å². The summed E-state index contributed by atoms with van der Waals surface area (Å²) in [6, 6.07) is 24.1. The number of nitrogens with one attached hydrogen (secondary N) is 2. The predicted molar refractivity (Wildman–Crippen MR) is 154 cm³/mol. The highest BCUT2D eigenvalue weighted by Crippen LogP contribution is 2.31. The lowest BCUT2D eigenvalue weighted by Gasteiger charge is -2.21. The van der Waals surface area contributed by atoms with Gasteiger partial charge in [-0.15, -0.1) is 12.4 Å². The number of anilines is 1. The number of aryl methyl sites for hydroxylation is 1. The Morgan fingerprint density at radius 3 is 2.53 bits per heavy atom. The van der Waals surface area contributed by atoms with Gasteiger partial charge in [0.25, 0.3) is 5.91 Å². The third-order valence-electron chi connectivity index (χ3n) is 6.47. The van der Waals surface area contributed by atoms with E-state index in [2.05, 4.69) is 27.9 Å². The van der Waals surface area contributed by atoms with E-state index in [1.165, 1.54) is 18.9 Å². The van der Waals surface area contributed by atoms with Crippen LogP contribution in [0.2, 0.25) is 0 Å². The second-order valence-corrected chi connectivity index (χ2v) is 9.35. The standard InChI is InChI=1S/C29H30FN5O.CH4.ClH/c1-19-14-27(35(34-19)24-9-5-6-21(15-24)17-31)29(36)33-26-16-23(12-13-25(26)30)28(32-18-20-10-11-20)22-7-3-2-4-8-22;;/h2-9,12-16,20,28,32H,10-11,17-18,31H2,1H3,(H,33,36);1H4;1H. The van der Waals surface area contributed by atoms with Gasteiger partial charge in [-0.3, -0.25) is 4.79 Å². The summed E-state index contributed by atoms with van der Waals surface area (Å²) in [5, 5.41) is 10.9. The second kappa shape index (κ2) is 12.8. The van der Waals surface area contributed by atoms with Gasteiger partial charge < -0.3 is 16.4 Å². The number of halogens is 2. The molecule has 1 aliphatic carbocycles. The van der Waals surface area contributed by atoms with Gasteiger partial charge in [-0.05, 0) is 79.3 Å². The molecule has 0 saturated heterocycles. The van der Waals surface area contributed by atoms with Crippen LogP contribution < -0.4 is 16.4 Å². The molecule has 4 aromatic rings. The first kappa shape index (κ1) is 29.0. The van der Waals surface area contributed by atoms with E-state index in [1.807, 2.05) is 49.4 Å². The smallest absolute Gasteiger partial charge is 0.274 e. The first-order valence-electron chi connectivity index (χ1n) is 12.3. The molecule has 1 saturated carbocycles. The molecule has 1 unspecified atom stereocenters. The van der Waals surface area contributed by atoms with E-state index in [-0.39, 0.29) is 31.6 Å². The van der Waals surface area contributed by atoms with Crippen LogP contribution in [0.15, 0.2) is 78.9 Å². The predicted octanol–water partition coefficient (Wildman–Crippen LogP) is 6.18. The summed E-state index contributed by atoms with van der Waals surface area (Å²) >= 11 is 0. The molecule has 0 aliphatic heterocycles. The lowest BCUT2D eigenvalue weighted by Crippen LogP contribution is -2.25. The maximum Gasteiger partial charge on any atom is 0.274 e. The third kappa shape index (κ3) is 6.67. The molecule has 1 amide bonds. The molecule has 1 aromatic heterocycles. The topological polar surface area (TPSA) is 85.0 Å².